The Morgan fingerprint density at radius 3 is 2.60 bits per heavy atom. The van der Waals surface area contributed by atoms with Crippen LogP contribution in [0.25, 0.3) is 0 Å². The number of thioether (sulfide) groups is 1. The first kappa shape index (κ1) is 14.6. The average molecular weight is 288 g/mol. The predicted molar refractivity (Wildman–Crippen MR) is 79.6 cm³/mol. The summed E-state index contributed by atoms with van der Waals surface area (Å²) in [4.78, 5) is 16.4. The molecule has 1 aromatic rings. The molecule has 0 amide bonds. The fourth-order valence-electron chi connectivity index (χ4n) is 2.56. The molecule has 5 heteroatoms. The van der Waals surface area contributed by atoms with Crippen LogP contribution in [0.1, 0.15) is 31.3 Å². The lowest BCUT2D eigenvalue weighted by Crippen LogP contribution is -2.31. The number of nitrogens with zero attached hydrogens (tertiary/aromatic N) is 2. The first-order chi connectivity index (χ1) is 9.49. The quantitative estimate of drug-likeness (QED) is 0.854. The van der Waals surface area contributed by atoms with Crippen LogP contribution in [0.4, 0.5) is 0 Å². The third-order valence-corrected chi connectivity index (χ3v) is 4.12. The van der Waals surface area contributed by atoms with Crippen molar-refractivity contribution in [1.82, 2.24) is 0 Å². The molecule has 0 saturated carbocycles. The highest BCUT2D eigenvalue weighted by atomic mass is 32.2. The number of hydrogen-bond acceptors (Lipinski definition) is 5. The summed E-state index contributed by atoms with van der Waals surface area (Å²) >= 11 is 1.42. The average Bonchev–Trinajstić information content (AvgIpc) is 2.83. The van der Waals surface area contributed by atoms with Crippen LogP contribution >= 0.6 is 11.8 Å². The Morgan fingerprint density at radius 1 is 1.45 bits per heavy atom. The second-order valence-corrected chi connectivity index (χ2v) is 5.60. The molecule has 0 spiro atoms. The summed E-state index contributed by atoms with van der Waals surface area (Å²) in [5.41, 5.74) is 1.25. The van der Waals surface area contributed by atoms with Gasteiger partial charge in [0.05, 0.1) is 23.5 Å². The van der Waals surface area contributed by atoms with Crippen molar-refractivity contribution >= 4 is 23.3 Å². The van der Waals surface area contributed by atoms with Gasteiger partial charge in [0.2, 0.25) is 0 Å². The van der Waals surface area contributed by atoms with Gasteiger partial charge < -0.3 is 4.42 Å². The van der Waals surface area contributed by atoms with Crippen LogP contribution in [-0.4, -0.2) is 17.8 Å². The van der Waals surface area contributed by atoms with E-state index >= 15 is 0 Å². The Labute approximate surface area is 122 Å². The van der Waals surface area contributed by atoms with E-state index in [0.29, 0.717) is 16.4 Å². The SMILES string of the molecule is CSC1=C(C#N)[C@H](c2ccc(C)o2)[C@H](C(C)=O)C(C)=N1. The largest absolute Gasteiger partial charge is 0.466 e. The minimum atomic E-state index is -0.425. The van der Waals surface area contributed by atoms with Crippen LogP contribution in [0.15, 0.2) is 32.1 Å². The lowest BCUT2D eigenvalue weighted by atomic mass is 9.78. The third-order valence-electron chi connectivity index (χ3n) is 3.42. The topological polar surface area (TPSA) is 66.4 Å². The number of ketones is 1. The molecule has 0 saturated heterocycles. The molecule has 0 radical (unpaired) electrons. The Balaban J connectivity index is 2.63. The molecule has 1 aliphatic rings. The fourth-order valence-corrected chi connectivity index (χ4v) is 3.19. The monoisotopic (exact) mass is 288 g/mol. The van der Waals surface area contributed by atoms with E-state index in [9.17, 15) is 10.1 Å². The zero-order chi connectivity index (χ0) is 14.9. The van der Waals surface area contributed by atoms with Crippen LogP contribution in [-0.2, 0) is 4.79 Å². The summed E-state index contributed by atoms with van der Waals surface area (Å²) < 4.78 is 5.67. The molecule has 0 N–H and O–H groups in total. The molecule has 4 nitrogen and oxygen atoms in total. The molecule has 0 aromatic carbocycles. The van der Waals surface area contributed by atoms with Gasteiger partial charge in [-0.1, -0.05) is 0 Å². The molecule has 2 atom stereocenters. The zero-order valence-corrected chi connectivity index (χ0v) is 12.7. The molecule has 0 aliphatic carbocycles. The van der Waals surface area contributed by atoms with E-state index in [1.807, 2.05) is 32.2 Å². The van der Waals surface area contributed by atoms with Crippen molar-refractivity contribution in [3.63, 3.8) is 0 Å². The molecule has 2 heterocycles. The van der Waals surface area contributed by atoms with Crippen LogP contribution < -0.4 is 0 Å². The van der Waals surface area contributed by atoms with Crippen molar-refractivity contribution in [2.75, 3.05) is 6.26 Å². The summed E-state index contributed by atoms with van der Waals surface area (Å²) in [6, 6.07) is 5.89. The number of carbonyl (C=O) groups excluding carboxylic acids is 1. The highest BCUT2D eigenvalue weighted by molar-refractivity contribution is 8.02. The summed E-state index contributed by atoms with van der Waals surface area (Å²) in [6.07, 6.45) is 1.88. The van der Waals surface area contributed by atoms with Gasteiger partial charge in [0.15, 0.2) is 0 Å². The molecule has 1 aromatic heterocycles. The minimum absolute atomic E-state index is 0.00166. The van der Waals surface area contributed by atoms with Crippen molar-refractivity contribution in [2.24, 2.45) is 10.9 Å². The van der Waals surface area contributed by atoms with Crippen molar-refractivity contribution in [1.29, 1.82) is 5.26 Å². The van der Waals surface area contributed by atoms with Crippen LogP contribution in [0.2, 0.25) is 0 Å². The number of aliphatic imine (C=N–C) groups is 1. The van der Waals surface area contributed by atoms with E-state index < -0.39 is 5.92 Å². The van der Waals surface area contributed by atoms with Crippen molar-refractivity contribution in [2.45, 2.75) is 26.7 Å². The Kier molecular flexibility index (Phi) is 4.15. The summed E-state index contributed by atoms with van der Waals surface area (Å²) in [7, 11) is 0. The number of aryl methyl sites for hydroxylation is 1. The van der Waals surface area contributed by atoms with Gasteiger partial charge in [-0.2, -0.15) is 5.26 Å². The number of furan rings is 1. The van der Waals surface area contributed by atoms with E-state index in [2.05, 4.69) is 11.1 Å². The van der Waals surface area contributed by atoms with Gasteiger partial charge in [0.25, 0.3) is 0 Å². The first-order valence-electron chi connectivity index (χ1n) is 6.29. The normalized spacial score (nSPS) is 22.4. The predicted octanol–water partition coefficient (Wildman–Crippen LogP) is 3.45. The summed E-state index contributed by atoms with van der Waals surface area (Å²) in [6.45, 7) is 5.21. The van der Waals surface area contributed by atoms with Crippen molar-refractivity contribution < 1.29 is 9.21 Å². The smallest absolute Gasteiger partial charge is 0.139 e. The van der Waals surface area contributed by atoms with E-state index in [-0.39, 0.29) is 11.7 Å². The number of rotatable bonds is 3. The maximum atomic E-state index is 12.0. The zero-order valence-electron chi connectivity index (χ0n) is 11.9. The van der Waals surface area contributed by atoms with E-state index in [1.54, 1.807) is 0 Å². The Hall–Kier alpha value is -1.80. The van der Waals surface area contributed by atoms with Gasteiger partial charge in [-0.15, -0.1) is 11.8 Å². The number of allylic oxidation sites excluding steroid dienone is 1. The second-order valence-electron chi connectivity index (χ2n) is 4.80. The van der Waals surface area contributed by atoms with Gasteiger partial charge in [-0.25, -0.2) is 4.99 Å². The maximum absolute atomic E-state index is 12.0. The summed E-state index contributed by atoms with van der Waals surface area (Å²) in [5, 5.41) is 10.1. The first-order valence-corrected chi connectivity index (χ1v) is 7.52. The number of hydrogen-bond donors (Lipinski definition) is 0. The standard InChI is InChI=1S/C15H16N2O2S/c1-8-5-6-12(19-8)14-11(7-16)15(20-4)17-9(2)13(14)10(3)18/h5-6,13-14H,1-4H3/t13-,14+/m0/s1. The van der Waals surface area contributed by atoms with Crippen LogP contribution in [0.5, 0.6) is 0 Å². The van der Waals surface area contributed by atoms with Gasteiger partial charge in [0.1, 0.15) is 22.3 Å². The lowest BCUT2D eigenvalue weighted by molar-refractivity contribution is -0.119. The number of nitriles is 1. The third kappa shape index (κ3) is 2.44. The molecule has 0 unspecified atom stereocenters. The molecular formula is C15H16N2O2S. The summed E-state index contributed by atoms with van der Waals surface area (Å²) in [5.74, 6) is 0.626. The second kappa shape index (κ2) is 5.68. The van der Waals surface area contributed by atoms with Gasteiger partial charge in [0, 0.05) is 5.71 Å². The van der Waals surface area contributed by atoms with Crippen molar-refractivity contribution in [3.05, 3.63) is 34.3 Å². The van der Waals surface area contributed by atoms with Crippen LogP contribution in [0, 0.1) is 24.2 Å². The maximum Gasteiger partial charge on any atom is 0.139 e. The number of carbonyl (C=O) groups is 1. The van der Waals surface area contributed by atoms with E-state index in [1.165, 1.54) is 18.7 Å². The molecule has 2 rings (SSSR count). The van der Waals surface area contributed by atoms with Crippen molar-refractivity contribution in [3.8, 4) is 6.07 Å². The minimum Gasteiger partial charge on any atom is -0.466 e. The molecule has 20 heavy (non-hydrogen) atoms. The number of Topliss-reactive ketones (excluding diaryl/α,β-unsaturated/α-hetero) is 1. The van der Waals surface area contributed by atoms with Gasteiger partial charge in [-0.05, 0) is 39.2 Å². The highest BCUT2D eigenvalue weighted by Crippen LogP contribution is 2.41. The molecule has 104 valence electrons. The molecule has 0 fully saturated rings. The van der Waals surface area contributed by atoms with Gasteiger partial charge >= 0.3 is 0 Å². The Bertz CT molecular complexity index is 649. The molecule has 1 aliphatic heterocycles. The Morgan fingerprint density at radius 2 is 2.15 bits per heavy atom. The highest BCUT2D eigenvalue weighted by Gasteiger charge is 2.39. The lowest BCUT2D eigenvalue weighted by Gasteiger charge is -2.28. The van der Waals surface area contributed by atoms with E-state index in [4.69, 9.17) is 4.42 Å². The fraction of sp³-hybridized carbons (Fsp3) is 0.400. The van der Waals surface area contributed by atoms with Gasteiger partial charge in [-0.3, -0.25) is 4.79 Å². The van der Waals surface area contributed by atoms with E-state index in [0.717, 1.165) is 11.5 Å². The molecular weight excluding hydrogens is 272 g/mol. The molecule has 0 bridgehead atoms. The van der Waals surface area contributed by atoms with Crippen LogP contribution in [0.3, 0.4) is 0 Å².